The molecule has 0 aromatic heterocycles. The minimum absolute atomic E-state index is 0.174. The summed E-state index contributed by atoms with van der Waals surface area (Å²) in [5.41, 5.74) is 3.34. The predicted octanol–water partition coefficient (Wildman–Crippen LogP) is 3.37. The number of benzene rings is 2. The van der Waals surface area contributed by atoms with Gasteiger partial charge in [-0.25, -0.2) is 4.79 Å². The zero-order valence-electron chi connectivity index (χ0n) is 10.3. The molecule has 0 spiro atoms. The van der Waals surface area contributed by atoms with Crippen molar-refractivity contribution in [2.75, 3.05) is 7.11 Å². The van der Waals surface area contributed by atoms with Crippen molar-refractivity contribution in [3.05, 3.63) is 53.6 Å². The van der Waals surface area contributed by atoms with Gasteiger partial charge in [-0.3, -0.25) is 0 Å². The molecule has 0 atom stereocenters. The van der Waals surface area contributed by atoms with Crippen molar-refractivity contribution in [1.82, 2.24) is 0 Å². The second-order valence-electron chi connectivity index (χ2n) is 4.09. The molecular formula is C15H14O3. The molecule has 3 nitrogen and oxygen atoms in total. The number of carbonyl (C=O) groups is 1. The monoisotopic (exact) mass is 242 g/mol. The molecule has 0 radical (unpaired) electrons. The van der Waals surface area contributed by atoms with Crippen LogP contribution in [0.15, 0.2) is 42.5 Å². The van der Waals surface area contributed by atoms with E-state index in [1.54, 1.807) is 18.2 Å². The van der Waals surface area contributed by atoms with Crippen molar-refractivity contribution in [2.24, 2.45) is 0 Å². The maximum Gasteiger partial charge on any atom is 0.339 e. The lowest BCUT2D eigenvalue weighted by Gasteiger charge is -2.08. The first-order valence-corrected chi connectivity index (χ1v) is 5.60. The van der Waals surface area contributed by atoms with Gasteiger partial charge in [0, 0.05) is 0 Å². The standard InChI is InChI=1S/C15H14O3/c1-10-3-5-11(6-4-10)12-7-8-13(15(16)17)14(9-12)18-2/h3-9H,1-2H3,(H,16,17). The van der Waals surface area contributed by atoms with Crippen LogP contribution in [-0.4, -0.2) is 18.2 Å². The van der Waals surface area contributed by atoms with Gasteiger partial charge in [0.1, 0.15) is 11.3 Å². The Morgan fingerprint density at radius 1 is 1.06 bits per heavy atom. The highest BCUT2D eigenvalue weighted by molar-refractivity contribution is 5.92. The van der Waals surface area contributed by atoms with E-state index in [1.807, 2.05) is 31.2 Å². The molecule has 0 aliphatic heterocycles. The fraction of sp³-hybridized carbons (Fsp3) is 0.133. The lowest BCUT2D eigenvalue weighted by atomic mass is 10.0. The second-order valence-corrected chi connectivity index (χ2v) is 4.09. The molecule has 92 valence electrons. The van der Waals surface area contributed by atoms with Gasteiger partial charge in [0.2, 0.25) is 0 Å². The maximum atomic E-state index is 11.0. The summed E-state index contributed by atoms with van der Waals surface area (Å²) >= 11 is 0. The van der Waals surface area contributed by atoms with Gasteiger partial charge in [0.05, 0.1) is 7.11 Å². The van der Waals surface area contributed by atoms with Gasteiger partial charge in [0.15, 0.2) is 0 Å². The van der Waals surface area contributed by atoms with Gasteiger partial charge in [-0.05, 0) is 30.2 Å². The highest BCUT2D eigenvalue weighted by Crippen LogP contribution is 2.27. The van der Waals surface area contributed by atoms with E-state index < -0.39 is 5.97 Å². The SMILES string of the molecule is COc1cc(-c2ccc(C)cc2)ccc1C(=O)O. The molecule has 0 fully saturated rings. The Balaban J connectivity index is 2.47. The van der Waals surface area contributed by atoms with Crippen LogP contribution in [0.1, 0.15) is 15.9 Å². The van der Waals surface area contributed by atoms with Crippen molar-refractivity contribution in [2.45, 2.75) is 6.92 Å². The zero-order chi connectivity index (χ0) is 13.1. The van der Waals surface area contributed by atoms with Crippen LogP contribution < -0.4 is 4.74 Å². The Hall–Kier alpha value is -2.29. The summed E-state index contributed by atoms with van der Waals surface area (Å²) in [6, 6.07) is 13.1. The van der Waals surface area contributed by atoms with Crippen LogP contribution in [0.3, 0.4) is 0 Å². The molecule has 0 aliphatic rings. The van der Waals surface area contributed by atoms with Crippen LogP contribution in [0.4, 0.5) is 0 Å². The molecule has 0 heterocycles. The van der Waals surface area contributed by atoms with Gasteiger partial charge in [-0.2, -0.15) is 0 Å². The quantitative estimate of drug-likeness (QED) is 0.897. The van der Waals surface area contributed by atoms with E-state index in [9.17, 15) is 4.79 Å². The summed E-state index contributed by atoms with van der Waals surface area (Å²) < 4.78 is 5.11. The van der Waals surface area contributed by atoms with Gasteiger partial charge in [-0.1, -0.05) is 35.9 Å². The first-order chi connectivity index (χ1) is 8.61. The van der Waals surface area contributed by atoms with E-state index in [1.165, 1.54) is 12.7 Å². The van der Waals surface area contributed by atoms with Crippen molar-refractivity contribution in [3.8, 4) is 16.9 Å². The largest absolute Gasteiger partial charge is 0.496 e. The second kappa shape index (κ2) is 4.92. The molecule has 1 N–H and O–H groups in total. The summed E-state index contributed by atoms with van der Waals surface area (Å²) in [6.07, 6.45) is 0. The summed E-state index contributed by atoms with van der Waals surface area (Å²) in [5, 5.41) is 9.01. The van der Waals surface area contributed by atoms with E-state index in [4.69, 9.17) is 9.84 Å². The van der Waals surface area contributed by atoms with Crippen LogP contribution in [-0.2, 0) is 0 Å². The predicted molar refractivity (Wildman–Crippen MR) is 70.1 cm³/mol. The molecule has 0 saturated carbocycles. The van der Waals surface area contributed by atoms with E-state index in [0.29, 0.717) is 5.75 Å². The number of ether oxygens (including phenoxy) is 1. The van der Waals surface area contributed by atoms with Crippen LogP contribution in [0.25, 0.3) is 11.1 Å². The fourth-order valence-corrected chi connectivity index (χ4v) is 1.79. The van der Waals surface area contributed by atoms with Crippen molar-refractivity contribution >= 4 is 5.97 Å². The Kier molecular flexibility index (Phi) is 3.33. The highest BCUT2D eigenvalue weighted by atomic mass is 16.5. The number of rotatable bonds is 3. The Morgan fingerprint density at radius 2 is 1.67 bits per heavy atom. The lowest BCUT2D eigenvalue weighted by Crippen LogP contribution is -2.00. The molecule has 0 saturated heterocycles. The fourth-order valence-electron chi connectivity index (χ4n) is 1.79. The zero-order valence-corrected chi connectivity index (χ0v) is 10.3. The summed E-state index contributed by atoms with van der Waals surface area (Å²) in [7, 11) is 1.47. The Labute approximate surface area is 106 Å². The summed E-state index contributed by atoms with van der Waals surface area (Å²) in [5.74, 6) is -0.608. The number of methoxy groups -OCH3 is 1. The average Bonchev–Trinajstić information content (AvgIpc) is 2.38. The molecule has 18 heavy (non-hydrogen) atoms. The van der Waals surface area contributed by atoms with E-state index in [0.717, 1.165) is 11.1 Å². The number of hydrogen-bond acceptors (Lipinski definition) is 2. The molecule has 3 heteroatoms. The number of aromatic carboxylic acids is 1. The molecule has 2 aromatic rings. The molecule has 0 bridgehead atoms. The van der Waals surface area contributed by atoms with Crippen molar-refractivity contribution < 1.29 is 14.6 Å². The summed E-state index contributed by atoms with van der Waals surface area (Å²) in [4.78, 5) is 11.0. The third kappa shape index (κ3) is 2.35. The first kappa shape index (κ1) is 12.2. The molecule has 0 aliphatic carbocycles. The lowest BCUT2D eigenvalue weighted by molar-refractivity contribution is 0.0693. The third-order valence-electron chi connectivity index (χ3n) is 2.82. The van der Waals surface area contributed by atoms with Crippen LogP contribution in [0.5, 0.6) is 5.75 Å². The molecule has 0 amide bonds. The molecule has 2 rings (SSSR count). The number of aryl methyl sites for hydroxylation is 1. The first-order valence-electron chi connectivity index (χ1n) is 5.60. The van der Waals surface area contributed by atoms with Crippen molar-refractivity contribution in [1.29, 1.82) is 0 Å². The number of carboxylic acid groups (broad SMARTS) is 1. The highest BCUT2D eigenvalue weighted by Gasteiger charge is 2.11. The van der Waals surface area contributed by atoms with Crippen LogP contribution in [0.2, 0.25) is 0 Å². The van der Waals surface area contributed by atoms with Crippen LogP contribution >= 0.6 is 0 Å². The molecule has 2 aromatic carbocycles. The van der Waals surface area contributed by atoms with Crippen LogP contribution in [0, 0.1) is 6.92 Å². The number of hydrogen-bond donors (Lipinski definition) is 1. The topological polar surface area (TPSA) is 46.5 Å². The summed E-state index contributed by atoms with van der Waals surface area (Å²) in [6.45, 7) is 2.03. The number of carboxylic acids is 1. The Morgan fingerprint density at radius 3 is 2.22 bits per heavy atom. The smallest absolute Gasteiger partial charge is 0.339 e. The normalized spacial score (nSPS) is 10.1. The Bertz CT molecular complexity index is 571. The van der Waals surface area contributed by atoms with Gasteiger partial charge >= 0.3 is 5.97 Å². The van der Waals surface area contributed by atoms with E-state index >= 15 is 0 Å². The van der Waals surface area contributed by atoms with Gasteiger partial charge in [0.25, 0.3) is 0 Å². The average molecular weight is 242 g/mol. The van der Waals surface area contributed by atoms with E-state index in [-0.39, 0.29) is 5.56 Å². The third-order valence-corrected chi connectivity index (χ3v) is 2.82. The van der Waals surface area contributed by atoms with Gasteiger partial charge < -0.3 is 9.84 Å². The van der Waals surface area contributed by atoms with E-state index in [2.05, 4.69) is 0 Å². The van der Waals surface area contributed by atoms with Gasteiger partial charge in [-0.15, -0.1) is 0 Å². The minimum Gasteiger partial charge on any atom is -0.496 e. The molecular weight excluding hydrogens is 228 g/mol. The molecule has 0 unspecified atom stereocenters. The minimum atomic E-state index is -0.984. The maximum absolute atomic E-state index is 11.0. The van der Waals surface area contributed by atoms with Crippen molar-refractivity contribution in [3.63, 3.8) is 0 Å².